The number of piperidine rings is 1. The highest BCUT2D eigenvalue weighted by Gasteiger charge is 2.22. The lowest BCUT2D eigenvalue weighted by atomic mass is 9.97. The Morgan fingerprint density at radius 1 is 1.38 bits per heavy atom. The van der Waals surface area contributed by atoms with Crippen molar-refractivity contribution in [1.29, 1.82) is 0 Å². The molecule has 1 aliphatic heterocycles. The van der Waals surface area contributed by atoms with Crippen LogP contribution in [0.15, 0.2) is 18.3 Å². The van der Waals surface area contributed by atoms with E-state index in [9.17, 15) is 9.59 Å². The van der Waals surface area contributed by atoms with Crippen molar-refractivity contribution in [3.8, 4) is 0 Å². The molecule has 0 spiro atoms. The van der Waals surface area contributed by atoms with Gasteiger partial charge >= 0.3 is 6.09 Å². The van der Waals surface area contributed by atoms with Gasteiger partial charge in [0.15, 0.2) is 0 Å². The quantitative estimate of drug-likeness (QED) is 0.666. The molecule has 7 nitrogen and oxygen atoms in total. The first-order chi connectivity index (χ1) is 11.6. The van der Waals surface area contributed by atoms with Crippen LogP contribution in [0.2, 0.25) is 0 Å². The van der Waals surface area contributed by atoms with Crippen LogP contribution in [-0.2, 0) is 0 Å². The van der Waals surface area contributed by atoms with E-state index in [1.54, 1.807) is 18.3 Å². The normalized spacial score (nSPS) is 15.1. The molecule has 3 N–H and O–H groups in total. The predicted octanol–water partition coefficient (Wildman–Crippen LogP) is 2.41. The maximum atomic E-state index is 12.3. The van der Waals surface area contributed by atoms with Crippen LogP contribution in [0.1, 0.15) is 43.0 Å². The summed E-state index contributed by atoms with van der Waals surface area (Å²) >= 11 is 0. The Labute approximate surface area is 142 Å². The lowest BCUT2D eigenvalue weighted by Gasteiger charge is -2.29. The van der Waals surface area contributed by atoms with Gasteiger partial charge in [-0.2, -0.15) is 0 Å². The zero-order chi connectivity index (χ0) is 17.4. The van der Waals surface area contributed by atoms with E-state index in [0.29, 0.717) is 36.9 Å². The molecule has 1 aromatic rings. The number of carbonyl (C=O) groups excluding carboxylic acids is 1. The lowest BCUT2D eigenvalue weighted by molar-refractivity contribution is 0.0928. The van der Waals surface area contributed by atoms with E-state index < -0.39 is 6.09 Å². The number of anilines is 1. The number of rotatable bonds is 7. The van der Waals surface area contributed by atoms with E-state index in [-0.39, 0.29) is 5.91 Å². The van der Waals surface area contributed by atoms with Gasteiger partial charge in [-0.15, -0.1) is 0 Å². The van der Waals surface area contributed by atoms with Gasteiger partial charge in [-0.05, 0) is 37.3 Å². The average molecular weight is 334 g/mol. The molecule has 0 bridgehead atoms. The molecular weight excluding hydrogens is 308 g/mol. The van der Waals surface area contributed by atoms with Crippen LogP contribution < -0.4 is 10.6 Å². The Hall–Kier alpha value is -2.31. The minimum Gasteiger partial charge on any atom is -0.465 e. The second-order valence-corrected chi connectivity index (χ2v) is 6.13. The highest BCUT2D eigenvalue weighted by atomic mass is 16.4. The van der Waals surface area contributed by atoms with Crippen LogP contribution in [0.5, 0.6) is 0 Å². The minimum absolute atomic E-state index is 0.114. The van der Waals surface area contributed by atoms with Crippen molar-refractivity contribution in [3.05, 3.63) is 23.9 Å². The Morgan fingerprint density at radius 2 is 2.12 bits per heavy atom. The average Bonchev–Trinajstić information content (AvgIpc) is 2.60. The van der Waals surface area contributed by atoms with Crippen molar-refractivity contribution in [2.45, 2.75) is 32.6 Å². The maximum Gasteiger partial charge on any atom is 0.407 e. The third-order valence-electron chi connectivity index (χ3n) is 4.29. The first kappa shape index (κ1) is 18.0. The number of hydrogen-bond donors (Lipinski definition) is 3. The molecule has 1 aromatic heterocycles. The molecule has 7 heteroatoms. The molecule has 0 unspecified atom stereocenters. The van der Waals surface area contributed by atoms with Gasteiger partial charge in [-0.3, -0.25) is 4.79 Å². The summed E-state index contributed by atoms with van der Waals surface area (Å²) in [6.45, 7) is 4.62. The van der Waals surface area contributed by atoms with E-state index in [4.69, 9.17) is 5.11 Å². The number of carboxylic acid groups (broad SMARTS) is 1. The minimum atomic E-state index is -0.864. The highest BCUT2D eigenvalue weighted by molar-refractivity contribution is 5.94. The third-order valence-corrected chi connectivity index (χ3v) is 4.29. The molecule has 1 saturated heterocycles. The Morgan fingerprint density at radius 3 is 2.79 bits per heavy atom. The van der Waals surface area contributed by atoms with Crippen LogP contribution in [0.3, 0.4) is 0 Å². The van der Waals surface area contributed by atoms with Crippen LogP contribution in [0.25, 0.3) is 0 Å². The van der Waals surface area contributed by atoms with E-state index >= 15 is 0 Å². The Bertz CT molecular complexity index is 557. The lowest BCUT2D eigenvalue weighted by Crippen LogP contribution is -2.40. The van der Waals surface area contributed by atoms with Gasteiger partial charge in [0, 0.05) is 37.9 Å². The summed E-state index contributed by atoms with van der Waals surface area (Å²) in [6.07, 6.45) is 4.51. The zero-order valence-corrected chi connectivity index (χ0v) is 14.1. The summed E-state index contributed by atoms with van der Waals surface area (Å²) in [6, 6.07) is 3.46. The van der Waals surface area contributed by atoms with Crippen molar-refractivity contribution in [3.63, 3.8) is 0 Å². The van der Waals surface area contributed by atoms with E-state index in [1.165, 1.54) is 4.90 Å². The number of hydrogen-bond acceptors (Lipinski definition) is 4. The largest absolute Gasteiger partial charge is 0.465 e. The standard InChI is InChI=1S/C17H26N4O3/c1-2-3-7-18-15-11-14(4-8-19-15)16(22)20-12-13-5-9-21(10-6-13)17(23)24/h4,8,11,13H,2-3,5-7,9-10,12H2,1H3,(H,18,19)(H,20,22)(H,23,24). The SMILES string of the molecule is CCCCNc1cc(C(=O)NCC2CCN(C(=O)O)CC2)ccn1. The fourth-order valence-corrected chi connectivity index (χ4v) is 2.73. The summed E-state index contributed by atoms with van der Waals surface area (Å²) in [5.74, 6) is 0.927. The molecule has 132 valence electrons. The van der Waals surface area contributed by atoms with Gasteiger partial charge in [0.1, 0.15) is 5.82 Å². The number of aromatic nitrogens is 1. The van der Waals surface area contributed by atoms with Crippen LogP contribution in [-0.4, -0.2) is 53.2 Å². The summed E-state index contributed by atoms with van der Waals surface area (Å²) in [7, 11) is 0. The van der Waals surface area contributed by atoms with Crippen molar-refractivity contribution in [2.24, 2.45) is 5.92 Å². The summed E-state index contributed by atoms with van der Waals surface area (Å²) < 4.78 is 0. The topological polar surface area (TPSA) is 94.6 Å². The van der Waals surface area contributed by atoms with Crippen molar-refractivity contribution >= 4 is 17.8 Å². The number of carbonyl (C=O) groups is 2. The first-order valence-electron chi connectivity index (χ1n) is 8.56. The monoisotopic (exact) mass is 334 g/mol. The molecule has 1 aliphatic rings. The van der Waals surface area contributed by atoms with Crippen molar-refractivity contribution in [1.82, 2.24) is 15.2 Å². The van der Waals surface area contributed by atoms with E-state index in [1.807, 2.05) is 0 Å². The highest BCUT2D eigenvalue weighted by Crippen LogP contribution is 2.16. The maximum absolute atomic E-state index is 12.3. The molecule has 0 saturated carbocycles. The fourth-order valence-electron chi connectivity index (χ4n) is 2.73. The molecule has 0 aliphatic carbocycles. The second kappa shape index (κ2) is 9.10. The second-order valence-electron chi connectivity index (χ2n) is 6.13. The van der Waals surface area contributed by atoms with Crippen LogP contribution >= 0.6 is 0 Å². The molecule has 2 amide bonds. The number of pyridine rings is 1. The van der Waals surface area contributed by atoms with Gasteiger partial charge in [-0.1, -0.05) is 13.3 Å². The van der Waals surface area contributed by atoms with Crippen molar-refractivity contribution in [2.75, 3.05) is 31.5 Å². The molecule has 0 atom stereocenters. The summed E-state index contributed by atoms with van der Waals surface area (Å²) in [5, 5.41) is 15.1. The summed E-state index contributed by atoms with van der Waals surface area (Å²) in [4.78, 5) is 28.8. The Balaban J connectivity index is 1.78. The van der Waals surface area contributed by atoms with E-state index in [0.717, 1.165) is 32.2 Å². The third kappa shape index (κ3) is 5.40. The van der Waals surface area contributed by atoms with Gasteiger partial charge < -0.3 is 20.6 Å². The first-order valence-corrected chi connectivity index (χ1v) is 8.56. The molecule has 2 heterocycles. The molecule has 1 fully saturated rings. The number of nitrogens with zero attached hydrogens (tertiary/aromatic N) is 2. The molecular formula is C17H26N4O3. The predicted molar refractivity (Wildman–Crippen MR) is 92.3 cm³/mol. The van der Waals surface area contributed by atoms with Crippen LogP contribution in [0.4, 0.5) is 10.6 Å². The molecule has 24 heavy (non-hydrogen) atoms. The number of amides is 2. The van der Waals surface area contributed by atoms with Gasteiger partial charge in [-0.25, -0.2) is 9.78 Å². The smallest absolute Gasteiger partial charge is 0.407 e. The molecule has 0 radical (unpaired) electrons. The Kier molecular flexibility index (Phi) is 6.84. The van der Waals surface area contributed by atoms with Gasteiger partial charge in [0.25, 0.3) is 5.91 Å². The number of likely N-dealkylation sites (tertiary alicyclic amines) is 1. The van der Waals surface area contributed by atoms with Crippen LogP contribution in [0, 0.1) is 5.92 Å². The van der Waals surface area contributed by atoms with Gasteiger partial charge in [0.2, 0.25) is 0 Å². The fraction of sp³-hybridized carbons (Fsp3) is 0.588. The molecule has 0 aromatic carbocycles. The van der Waals surface area contributed by atoms with Gasteiger partial charge in [0.05, 0.1) is 0 Å². The number of unbranched alkanes of at least 4 members (excludes halogenated alkanes) is 1. The zero-order valence-electron chi connectivity index (χ0n) is 14.1. The van der Waals surface area contributed by atoms with E-state index in [2.05, 4.69) is 22.5 Å². The number of nitrogens with one attached hydrogen (secondary N) is 2. The summed E-state index contributed by atoms with van der Waals surface area (Å²) in [5.41, 5.74) is 0.590. The molecule has 2 rings (SSSR count). The van der Waals surface area contributed by atoms with Crippen molar-refractivity contribution < 1.29 is 14.7 Å².